The molecule has 1 atom stereocenters. The van der Waals surface area contributed by atoms with Crippen molar-refractivity contribution in [3.05, 3.63) is 53.6 Å². The van der Waals surface area contributed by atoms with Gasteiger partial charge in [0, 0.05) is 19.4 Å². The Labute approximate surface area is 137 Å². The molecule has 0 saturated heterocycles. The van der Waals surface area contributed by atoms with Gasteiger partial charge in [-0.25, -0.2) is 8.78 Å². The van der Waals surface area contributed by atoms with Crippen LogP contribution in [0.1, 0.15) is 15.3 Å². The molecule has 1 unspecified atom stereocenters. The molecule has 0 aliphatic rings. The van der Waals surface area contributed by atoms with Crippen molar-refractivity contribution in [1.29, 1.82) is 0 Å². The van der Waals surface area contributed by atoms with Crippen molar-refractivity contribution >= 4 is 70.7 Å². The lowest BCUT2D eigenvalue weighted by Crippen LogP contribution is -1.99. The topological polar surface area (TPSA) is 0 Å². The average molecular weight is 481 g/mol. The summed E-state index contributed by atoms with van der Waals surface area (Å²) in [4.78, 5) is 0.159. The van der Waals surface area contributed by atoms with Crippen molar-refractivity contribution in [1.82, 2.24) is 0 Å². The molecule has 2 aromatic rings. The highest BCUT2D eigenvalue weighted by Gasteiger charge is 2.22. The summed E-state index contributed by atoms with van der Waals surface area (Å²) in [5, 5.41) is 0. The molecule has 0 saturated carbocycles. The summed E-state index contributed by atoms with van der Waals surface area (Å²) in [5.41, 5.74) is -0.0244. The molecule has 0 radical (unpaired) electrons. The molecule has 2 rings (SSSR count). The Kier molecular flexibility index (Phi) is 4.86. The Morgan fingerprint density at radius 2 is 1.67 bits per heavy atom. The minimum atomic E-state index is -0.607. The van der Waals surface area contributed by atoms with Crippen LogP contribution in [-0.4, -0.2) is 0 Å². The Balaban J connectivity index is 2.49. The Morgan fingerprint density at radius 1 is 1.11 bits per heavy atom. The van der Waals surface area contributed by atoms with E-state index in [0.717, 1.165) is 4.88 Å². The molecule has 1 aromatic heterocycles. The first kappa shape index (κ1) is 14.9. The molecule has 0 aliphatic carbocycles. The highest BCUT2D eigenvalue weighted by Crippen LogP contribution is 2.42. The smallest absolute Gasteiger partial charge is 0.131 e. The molecular weight excluding hydrogens is 477 g/mol. The maximum Gasteiger partial charge on any atom is 0.131 e. The zero-order chi connectivity index (χ0) is 13.4. The van der Waals surface area contributed by atoms with Crippen molar-refractivity contribution < 1.29 is 8.78 Å². The number of hydrogen-bond acceptors (Lipinski definition) is 1. The fourth-order valence-electron chi connectivity index (χ4n) is 1.43. The number of halogens is 6. The molecule has 0 nitrogen and oxygen atoms in total. The van der Waals surface area contributed by atoms with Gasteiger partial charge in [-0.2, -0.15) is 0 Å². The van der Waals surface area contributed by atoms with Gasteiger partial charge in [-0.1, -0.05) is 43.5 Å². The van der Waals surface area contributed by atoms with Crippen LogP contribution in [0.5, 0.6) is 0 Å². The van der Waals surface area contributed by atoms with Crippen LogP contribution < -0.4 is 0 Å². The van der Waals surface area contributed by atoms with Gasteiger partial charge in [0.05, 0.1) is 4.83 Å². The fourth-order valence-corrected chi connectivity index (χ4v) is 4.40. The Bertz CT molecular complexity index is 557. The second-order valence-electron chi connectivity index (χ2n) is 3.42. The van der Waals surface area contributed by atoms with E-state index >= 15 is 0 Å². The van der Waals surface area contributed by atoms with Gasteiger partial charge in [0.2, 0.25) is 0 Å². The van der Waals surface area contributed by atoms with Crippen LogP contribution >= 0.6 is 70.7 Å². The normalized spacial score (nSPS) is 12.8. The summed E-state index contributed by atoms with van der Waals surface area (Å²) >= 11 is 16.8. The SMILES string of the molecule is Fc1cc(Br)cc(F)c1C(Br)c1cc(Br)c(Cl)s1. The van der Waals surface area contributed by atoms with Crippen molar-refractivity contribution in [2.45, 2.75) is 4.83 Å². The van der Waals surface area contributed by atoms with Gasteiger partial charge >= 0.3 is 0 Å². The second-order valence-corrected chi connectivity index (χ2v) is 7.79. The lowest BCUT2D eigenvalue weighted by Gasteiger charge is -2.11. The first-order valence-electron chi connectivity index (χ1n) is 4.63. The minimum absolute atomic E-state index is 0.0244. The van der Waals surface area contributed by atoms with E-state index in [2.05, 4.69) is 47.8 Å². The molecule has 1 aromatic carbocycles. The molecule has 0 spiro atoms. The average Bonchev–Trinajstić information content (AvgIpc) is 2.57. The predicted octanol–water partition coefficient (Wildman–Crippen LogP) is 6.69. The Morgan fingerprint density at radius 3 is 2.11 bits per heavy atom. The lowest BCUT2D eigenvalue weighted by molar-refractivity contribution is 0.560. The predicted molar refractivity (Wildman–Crippen MR) is 81.9 cm³/mol. The highest BCUT2D eigenvalue weighted by molar-refractivity contribution is 9.11. The van der Waals surface area contributed by atoms with E-state index in [1.165, 1.54) is 23.5 Å². The molecule has 18 heavy (non-hydrogen) atoms. The number of rotatable bonds is 2. The van der Waals surface area contributed by atoms with Crippen LogP contribution in [0, 0.1) is 11.6 Å². The van der Waals surface area contributed by atoms with Crippen LogP contribution in [-0.2, 0) is 0 Å². The van der Waals surface area contributed by atoms with Gasteiger partial charge in [0.1, 0.15) is 16.0 Å². The van der Waals surface area contributed by atoms with E-state index in [1.54, 1.807) is 6.07 Å². The minimum Gasteiger partial charge on any atom is -0.206 e. The molecule has 0 aliphatic heterocycles. The zero-order valence-corrected chi connectivity index (χ0v) is 14.8. The van der Waals surface area contributed by atoms with Crippen molar-refractivity contribution in [3.8, 4) is 0 Å². The quantitative estimate of drug-likeness (QED) is 0.420. The van der Waals surface area contributed by atoms with Gasteiger partial charge in [0.15, 0.2) is 0 Å². The zero-order valence-electron chi connectivity index (χ0n) is 8.49. The maximum absolute atomic E-state index is 13.8. The van der Waals surface area contributed by atoms with Crippen molar-refractivity contribution in [2.75, 3.05) is 0 Å². The number of hydrogen-bond donors (Lipinski definition) is 0. The number of benzene rings is 1. The van der Waals surface area contributed by atoms with E-state index in [1.807, 2.05) is 0 Å². The Hall–Kier alpha value is 0.510. The third-order valence-electron chi connectivity index (χ3n) is 2.21. The van der Waals surface area contributed by atoms with Gasteiger partial charge in [0.25, 0.3) is 0 Å². The molecule has 0 fully saturated rings. The van der Waals surface area contributed by atoms with E-state index < -0.39 is 16.5 Å². The van der Waals surface area contributed by atoms with Gasteiger partial charge in [-0.15, -0.1) is 11.3 Å². The third kappa shape index (κ3) is 2.98. The van der Waals surface area contributed by atoms with Crippen molar-refractivity contribution in [2.24, 2.45) is 0 Å². The van der Waals surface area contributed by atoms with E-state index in [0.29, 0.717) is 13.3 Å². The molecule has 96 valence electrons. The molecule has 0 N–H and O–H groups in total. The van der Waals surface area contributed by atoms with Crippen LogP contribution in [0.15, 0.2) is 27.1 Å². The second kappa shape index (κ2) is 5.87. The molecule has 0 bridgehead atoms. The maximum atomic E-state index is 13.8. The number of alkyl halides is 1. The van der Waals surface area contributed by atoms with Crippen molar-refractivity contribution in [3.63, 3.8) is 0 Å². The van der Waals surface area contributed by atoms with E-state index in [4.69, 9.17) is 11.6 Å². The summed E-state index contributed by atoms with van der Waals surface area (Å²) in [6.45, 7) is 0. The lowest BCUT2D eigenvalue weighted by atomic mass is 10.1. The van der Waals surface area contributed by atoms with Crippen LogP contribution in [0.25, 0.3) is 0 Å². The van der Waals surface area contributed by atoms with Crippen LogP contribution in [0.4, 0.5) is 8.78 Å². The van der Waals surface area contributed by atoms with E-state index in [9.17, 15) is 8.78 Å². The molecule has 1 heterocycles. The first-order valence-corrected chi connectivity index (χ1v) is 8.33. The first-order chi connectivity index (χ1) is 8.40. The summed E-state index contributed by atoms with van der Waals surface area (Å²) in [5.74, 6) is -1.21. The van der Waals surface area contributed by atoms with Gasteiger partial charge < -0.3 is 0 Å². The van der Waals surface area contributed by atoms with Crippen LogP contribution in [0.2, 0.25) is 4.34 Å². The summed E-state index contributed by atoms with van der Waals surface area (Å²) < 4.78 is 29.3. The standard InChI is InChI=1S/C11H4Br3ClF2S/c12-4-1-6(16)9(7(17)2-4)10(14)8-3-5(13)11(15)18-8/h1-3,10H. The van der Waals surface area contributed by atoms with Gasteiger partial charge in [-0.3, -0.25) is 0 Å². The molecule has 0 amide bonds. The molecular formula is C11H4Br3ClF2S. The molecule has 7 heteroatoms. The number of thiophene rings is 1. The van der Waals surface area contributed by atoms with Crippen LogP contribution in [0.3, 0.4) is 0 Å². The van der Waals surface area contributed by atoms with Gasteiger partial charge in [-0.05, 0) is 34.1 Å². The summed E-state index contributed by atoms with van der Waals surface area (Å²) in [6.07, 6.45) is 0. The highest BCUT2D eigenvalue weighted by atomic mass is 79.9. The largest absolute Gasteiger partial charge is 0.206 e. The summed E-state index contributed by atoms with van der Waals surface area (Å²) in [6, 6.07) is 4.21. The summed E-state index contributed by atoms with van der Waals surface area (Å²) in [7, 11) is 0. The monoisotopic (exact) mass is 478 g/mol. The third-order valence-corrected chi connectivity index (χ3v) is 6.46. The van der Waals surface area contributed by atoms with E-state index in [-0.39, 0.29) is 5.56 Å². The fraction of sp³-hybridized carbons (Fsp3) is 0.0909.